The summed E-state index contributed by atoms with van der Waals surface area (Å²) in [5.41, 5.74) is 11.4. The minimum Gasteiger partial charge on any atom is -0.454 e. The molecule has 6 aromatic carbocycles. The van der Waals surface area contributed by atoms with E-state index in [9.17, 15) is 10.5 Å². The van der Waals surface area contributed by atoms with E-state index in [0.29, 0.717) is 11.1 Å². The van der Waals surface area contributed by atoms with Gasteiger partial charge in [0.15, 0.2) is 5.58 Å². The summed E-state index contributed by atoms with van der Waals surface area (Å²) in [6.07, 6.45) is 0. The lowest BCUT2D eigenvalue weighted by molar-refractivity contribution is 0.632. The number of furan rings is 1. The SMILES string of the molecule is CC1(C)c2ccccc2N(c2ccc3oc4c(-n5c6ccc(C#N)cc6c6cc(C#N)ccc65)cccc4c3c2)c2ccccc21. The molecule has 0 amide bonds. The summed E-state index contributed by atoms with van der Waals surface area (Å²) < 4.78 is 8.84. The van der Waals surface area contributed by atoms with Crippen molar-refractivity contribution in [2.75, 3.05) is 4.90 Å². The quantitative estimate of drug-likeness (QED) is 0.201. The van der Waals surface area contributed by atoms with Crippen LogP contribution in [0, 0.1) is 22.7 Å². The highest BCUT2D eigenvalue weighted by Gasteiger charge is 2.36. The summed E-state index contributed by atoms with van der Waals surface area (Å²) in [6, 6.07) is 46.0. The Kier molecular flexibility index (Phi) is 5.31. The molecule has 0 saturated carbocycles. The molecule has 0 N–H and O–H groups in total. The summed E-state index contributed by atoms with van der Waals surface area (Å²) in [6.45, 7) is 4.60. The summed E-state index contributed by atoms with van der Waals surface area (Å²) in [7, 11) is 0. The van der Waals surface area contributed by atoms with Crippen LogP contribution in [0.3, 0.4) is 0 Å². The van der Waals surface area contributed by atoms with Gasteiger partial charge in [-0.25, -0.2) is 0 Å². The maximum absolute atomic E-state index is 9.64. The smallest absolute Gasteiger partial charge is 0.159 e. The van der Waals surface area contributed by atoms with Gasteiger partial charge in [-0.2, -0.15) is 10.5 Å². The van der Waals surface area contributed by atoms with Crippen LogP contribution in [0.2, 0.25) is 0 Å². The van der Waals surface area contributed by atoms with E-state index in [2.05, 4.69) is 120 Å². The predicted molar refractivity (Wildman–Crippen MR) is 184 cm³/mol. The highest BCUT2D eigenvalue weighted by Crippen LogP contribution is 2.52. The Hall–Kier alpha value is -6.30. The van der Waals surface area contributed by atoms with Crippen LogP contribution in [0.15, 0.2) is 126 Å². The number of hydrogen-bond donors (Lipinski definition) is 0. The van der Waals surface area contributed by atoms with Gasteiger partial charge in [-0.3, -0.25) is 0 Å². The predicted octanol–water partition coefficient (Wildman–Crippen LogP) is 10.5. The molecular weight excluding hydrogens is 564 g/mol. The Bertz CT molecular complexity index is 2540. The van der Waals surface area contributed by atoms with E-state index in [1.807, 2.05) is 36.4 Å². The van der Waals surface area contributed by atoms with Crippen LogP contribution in [-0.2, 0) is 5.41 Å². The van der Waals surface area contributed by atoms with Crippen LogP contribution in [0.5, 0.6) is 0 Å². The number of benzene rings is 6. The largest absolute Gasteiger partial charge is 0.454 e. The van der Waals surface area contributed by atoms with Gasteiger partial charge in [0.2, 0.25) is 0 Å². The molecular formula is C41H26N4O. The molecule has 0 unspecified atom stereocenters. The van der Waals surface area contributed by atoms with Crippen molar-refractivity contribution < 1.29 is 4.42 Å². The first-order valence-electron chi connectivity index (χ1n) is 15.3. The van der Waals surface area contributed by atoms with Crippen LogP contribution in [0.25, 0.3) is 49.4 Å². The molecule has 0 bridgehead atoms. The van der Waals surface area contributed by atoms with Gasteiger partial charge in [-0.1, -0.05) is 62.4 Å². The van der Waals surface area contributed by atoms with Crippen LogP contribution >= 0.6 is 0 Å². The Balaban J connectivity index is 1.29. The Morgan fingerprint density at radius 2 is 1.15 bits per heavy atom. The van der Waals surface area contributed by atoms with Crippen LogP contribution < -0.4 is 4.90 Å². The van der Waals surface area contributed by atoms with E-state index in [4.69, 9.17) is 4.42 Å². The normalized spacial score (nSPS) is 13.5. The summed E-state index contributed by atoms with van der Waals surface area (Å²) in [5, 5.41) is 23.2. The van der Waals surface area contributed by atoms with Crippen molar-refractivity contribution in [3.05, 3.63) is 144 Å². The molecule has 0 aliphatic carbocycles. The molecule has 216 valence electrons. The fraction of sp³-hybridized carbons (Fsp3) is 0.0732. The molecule has 5 heteroatoms. The molecule has 9 rings (SSSR count). The highest BCUT2D eigenvalue weighted by molar-refractivity contribution is 6.13. The monoisotopic (exact) mass is 590 g/mol. The number of nitriles is 2. The molecule has 46 heavy (non-hydrogen) atoms. The molecule has 0 saturated heterocycles. The average molecular weight is 591 g/mol. The molecule has 5 nitrogen and oxygen atoms in total. The van der Waals surface area contributed by atoms with Crippen LogP contribution in [-0.4, -0.2) is 4.57 Å². The standard InChI is InChI=1S/C41H26N4O/c1-41(2)32-9-3-5-11-36(32)44(37-12-6-4-10-33(37)41)27-16-19-39-31(22-27)28-8-7-13-38(40(28)46-39)45-34-17-14-25(23-42)20-29(34)30-21-26(24-43)15-18-35(30)45/h3-22H,1-2H3. The Labute approximate surface area is 265 Å². The van der Waals surface area contributed by atoms with Crippen molar-refractivity contribution in [2.24, 2.45) is 0 Å². The second-order valence-corrected chi connectivity index (χ2v) is 12.5. The molecule has 1 aliphatic heterocycles. The van der Waals surface area contributed by atoms with E-state index < -0.39 is 0 Å². The third-order valence-electron chi connectivity index (χ3n) is 9.62. The maximum atomic E-state index is 9.64. The number of rotatable bonds is 2. The third-order valence-corrected chi connectivity index (χ3v) is 9.62. The van der Waals surface area contributed by atoms with E-state index in [-0.39, 0.29) is 5.41 Å². The molecule has 0 atom stereocenters. The third kappa shape index (κ3) is 3.49. The van der Waals surface area contributed by atoms with Gasteiger partial charge in [0.1, 0.15) is 5.58 Å². The van der Waals surface area contributed by atoms with Gasteiger partial charge in [0.05, 0.1) is 51.4 Å². The summed E-state index contributed by atoms with van der Waals surface area (Å²) in [5.74, 6) is 0. The average Bonchev–Trinajstić information content (AvgIpc) is 3.63. The van der Waals surface area contributed by atoms with Crippen molar-refractivity contribution in [3.8, 4) is 17.8 Å². The van der Waals surface area contributed by atoms with Gasteiger partial charge < -0.3 is 13.9 Å². The van der Waals surface area contributed by atoms with Crippen LogP contribution in [0.4, 0.5) is 17.1 Å². The lowest BCUT2D eigenvalue weighted by Gasteiger charge is -2.42. The van der Waals surface area contributed by atoms with E-state index in [1.54, 1.807) is 0 Å². The van der Waals surface area contributed by atoms with Gasteiger partial charge >= 0.3 is 0 Å². The first-order chi connectivity index (χ1) is 22.5. The minimum absolute atomic E-state index is 0.130. The number of aromatic nitrogens is 1. The molecule has 3 heterocycles. The lowest BCUT2D eigenvalue weighted by atomic mass is 9.73. The molecule has 0 radical (unpaired) electrons. The second kappa shape index (κ2) is 9.35. The van der Waals surface area contributed by atoms with Crippen molar-refractivity contribution in [1.29, 1.82) is 10.5 Å². The Morgan fingerprint density at radius 3 is 1.76 bits per heavy atom. The molecule has 1 aliphatic rings. The fourth-order valence-electron chi connectivity index (χ4n) is 7.46. The number of nitrogens with zero attached hydrogens (tertiary/aromatic N) is 4. The zero-order valence-electron chi connectivity index (χ0n) is 25.2. The number of hydrogen-bond acceptors (Lipinski definition) is 4. The van der Waals surface area contributed by atoms with Crippen molar-refractivity contribution in [3.63, 3.8) is 0 Å². The zero-order valence-corrected chi connectivity index (χ0v) is 25.2. The van der Waals surface area contributed by atoms with E-state index in [1.165, 1.54) is 22.5 Å². The molecule has 0 spiro atoms. The van der Waals surface area contributed by atoms with Gasteiger partial charge in [-0.15, -0.1) is 0 Å². The summed E-state index contributed by atoms with van der Waals surface area (Å²) >= 11 is 0. The molecule has 2 aromatic heterocycles. The fourth-order valence-corrected chi connectivity index (χ4v) is 7.46. The van der Waals surface area contributed by atoms with Gasteiger partial charge in [-0.05, 0) is 83.9 Å². The number of fused-ring (bicyclic) bond motifs is 8. The van der Waals surface area contributed by atoms with Crippen molar-refractivity contribution >= 4 is 60.8 Å². The minimum atomic E-state index is -0.130. The first kappa shape index (κ1) is 26.1. The van der Waals surface area contributed by atoms with E-state index in [0.717, 1.165) is 55.1 Å². The first-order valence-corrected chi connectivity index (χ1v) is 15.3. The maximum Gasteiger partial charge on any atom is 0.159 e. The topological polar surface area (TPSA) is 68.9 Å². The summed E-state index contributed by atoms with van der Waals surface area (Å²) in [4.78, 5) is 2.37. The van der Waals surface area contributed by atoms with Crippen molar-refractivity contribution in [1.82, 2.24) is 4.57 Å². The zero-order chi connectivity index (χ0) is 31.2. The number of para-hydroxylation sites is 3. The van der Waals surface area contributed by atoms with Crippen LogP contribution in [0.1, 0.15) is 36.1 Å². The lowest BCUT2D eigenvalue weighted by Crippen LogP contribution is -2.30. The molecule has 8 aromatic rings. The highest BCUT2D eigenvalue weighted by atomic mass is 16.3. The van der Waals surface area contributed by atoms with E-state index >= 15 is 0 Å². The van der Waals surface area contributed by atoms with Gasteiger partial charge in [0.25, 0.3) is 0 Å². The number of anilines is 3. The van der Waals surface area contributed by atoms with Crippen molar-refractivity contribution in [2.45, 2.75) is 19.3 Å². The second-order valence-electron chi connectivity index (χ2n) is 12.5. The Morgan fingerprint density at radius 1 is 0.565 bits per heavy atom. The molecule has 0 fully saturated rings. The van der Waals surface area contributed by atoms with Gasteiger partial charge in [0, 0.05) is 32.6 Å².